The Morgan fingerprint density at radius 1 is 0.490 bits per heavy atom. The van der Waals surface area contributed by atoms with Gasteiger partial charge in [0, 0.05) is 35.7 Å². The standard InChI is InChI=1S/C42H29N7/c43-42-34(36-14-8-16-40(47-36)38-12-4-6-24-45-38)26-32(35-13-7-15-39(46-35)37-11-3-5-23-44-37)27-41(42)49-48-33-21-19-29(20-22-33)31-18-17-28-9-1-2-10-30(28)25-31/h1-27,43,48H/p+1. The summed E-state index contributed by atoms with van der Waals surface area (Å²) in [6, 6.07) is 46.4. The van der Waals surface area contributed by atoms with Gasteiger partial charge >= 0.3 is 0 Å². The van der Waals surface area contributed by atoms with Gasteiger partial charge in [0.05, 0.1) is 39.9 Å². The number of nitrogens with zero attached hydrogens (tertiary/aromatic N) is 5. The predicted molar refractivity (Wildman–Crippen MR) is 197 cm³/mol. The maximum Gasteiger partial charge on any atom is 0.155 e. The monoisotopic (exact) mass is 632 g/mol. The number of quaternary nitrogens is 1. The molecule has 7 aromatic rings. The van der Waals surface area contributed by atoms with E-state index in [-0.39, 0.29) is 5.71 Å². The average Bonchev–Trinajstić information content (AvgIpc) is 3.18. The molecular formula is C42H30N7+. The molecule has 0 bridgehead atoms. The maximum absolute atomic E-state index is 9.27. The molecule has 3 aromatic carbocycles. The fourth-order valence-electron chi connectivity index (χ4n) is 5.85. The number of nitrogens with one attached hydrogen (secondary N) is 1. The molecule has 4 aromatic heterocycles. The van der Waals surface area contributed by atoms with Crippen molar-refractivity contribution >= 4 is 39.0 Å². The summed E-state index contributed by atoms with van der Waals surface area (Å²) in [4.78, 5) is 18.8. The average molecular weight is 633 g/mol. The molecule has 0 saturated carbocycles. The van der Waals surface area contributed by atoms with Crippen molar-refractivity contribution in [3.8, 4) is 33.9 Å². The number of hydrogen-bond donors (Lipinski definition) is 2. The molecule has 0 unspecified atom stereocenters. The van der Waals surface area contributed by atoms with Crippen LogP contribution in [0, 0.1) is 5.41 Å². The number of hydrogen-bond acceptors (Lipinski definition) is 6. The molecule has 0 aliphatic heterocycles. The van der Waals surface area contributed by atoms with Crippen LogP contribution in [0.2, 0.25) is 0 Å². The second-order valence-electron chi connectivity index (χ2n) is 11.6. The Kier molecular flexibility index (Phi) is 7.99. The molecule has 7 heteroatoms. The van der Waals surface area contributed by atoms with Crippen molar-refractivity contribution in [1.29, 1.82) is 5.41 Å². The fourth-order valence-corrected chi connectivity index (χ4v) is 5.85. The van der Waals surface area contributed by atoms with Crippen molar-refractivity contribution in [2.45, 2.75) is 0 Å². The summed E-state index contributed by atoms with van der Waals surface area (Å²) >= 11 is 0. The topological polar surface area (TPSA) is 104 Å². The van der Waals surface area contributed by atoms with Gasteiger partial charge in [-0.1, -0.05) is 65.8 Å². The Morgan fingerprint density at radius 3 is 1.78 bits per heavy atom. The molecule has 1 aliphatic rings. The third-order valence-corrected chi connectivity index (χ3v) is 8.39. The number of rotatable bonds is 7. The minimum absolute atomic E-state index is 0.277. The van der Waals surface area contributed by atoms with Crippen molar-refractivity contribution in [1.82, 2.24) is 19.9 Å². The van der Waals surface area contributed by atoms with Crippen LogP contribution in [-0.4, -0.2) is 31.4 Å². The van der Waals surface area contributed by atoms with Crippen LogP contribution in [0.25, 0.3) is 55.8 Å². The highest BCUT2D eigenvalue weighted by Crippen LogP contribution is 2.29. The Bertz CT molecular complexity index is 2410. The van der Waals surface area contributed by atoms with E-state index in [9.17, 15) is 5.41 Å². The van der Waals surface area contributed by atoms with Gasteiger partial charge in [-0.2, -0.15) is 5.43 Å². The van der Waals surface area contributed by atoms with Crippen molar-refractivity contribution in [2.75, 3.05) is 0 Å². The highest BCUT2D eigenvalue weighted by Gasteiger charge is 2.23. The van der Waals surface area contributed by atoms with Gasteiger partial charge in [0.25, 0.3) is 0 Å². The number of fused-ring (bicyclic) bond motifs is 1. The van der Waals surface area contributed by atoms with Crippen molar-refractivity contribution in [3.05, 3.63) is 175 Å². The van der Waals surface area contributed by atoms with Gasteiger partial charge < -0.3 is 0 Å². The normalized spacial score (nSPS) is 13.7. The first-order valence-corrected chi connectivity index (χ1v) is 16.0. The van der Waals surface area contributed by atoms with Crippen LogP contribution in [0.5, 0.6) is 0 Å². The Labute approximate surface area is 283 Å². The first-order chi connectivity index (χ1) is 24.2. The molecule has 0 radical (unpaired) electrons. The third kappa shape index (κ3) is 6.34. The molecular weight excluding hydrogens is 603 g/mol. The fraction of sp³-hybridized carbons (Fsp3) is 0. The molecule has 0 spiro atoms. The second-order valence-corrected chi connectivity index (χ2v) is 11.6. The largest absolute Gasteiger partial charge is 0.298 e. The summed E-state index contributed by atoms with van der Waals surface area (Å²) in [6.07, 6.45) is 7.40. The summed E-state index contributed by atoms with van der Waals surface area (Å²) in [5.74, 6) is 0. The molecule has 4 heterocycles. The molecule has 0 saturated heterocycles. The summed E-state index contributed by atoms with van der Waals surface area (Å²) in [5, 5.41) is 16.6. The predicted octanol–water partition coefficient (Wildman–Crippen LogP) is 8.17. The van der Waals surface area contributed by atoms with E-state index >= 15 is 0 Å². The van der Waals surface area contributed by atoms with E-state index in [1.54, 1.807) is 17.8 Å². The van der Waals surface area contributed by atoms with E-state index in [1.165, 1.54) is 10.8 Å². The third-order valence-electron chi connectivity index (χ3n) is 8.39. The zero-order valence-corrected chi connectivity index (χ0v) is 26.4. The molecule has 0 fully saturated rings. The van der Waals surface area contributed by atoms with Crippen LogP contribution in [0.15, 0.2) is 169 Å². The van der Waals surface area contributed by atoms with Crippen molar-refractivity contribution in [3.63, 3.8) is 0 Å². The van der Waals surface area contributed by atoms with Crippen LogP contribution in [0.3, 0.4) is 0 Å². The van der Waals surface area contributed by atoms with Gasteiger partial charge in [0.15, 0.2) is 5.69 Å². The highest BCUT2D eigenvalue weighted by atomic mass is 15.3. The lowest BCUT2D eigenvalue weighted by Crippen LogP contribution is -2.71. The number of aromatic nitrogens is 4. The van der Waals surface area contributed by atoms with E-state index in [0.29, 0.717) is 17.0 Å². The smallest absolute Gasteiger partial charge is 0.155 e. The van der Waals surface area contributed by atoms with E-state index in [2.05, 4.69) is 76.7 Å². The van der Waals surface area contributed by atoms with Gasteiger partial charge in [0.2, 0.25) is 0 Å². The molecule has 0 atom stereocenters. The summed E-state index contributed by atoms with van der Waals surface area (Å²) in [6.45, 7) is 0. The molecule has 232 valence electrons. The van der Waals surface area contributed by atoms with Crippen LogP contribution < -0.4 is 5.43 Å². The zero-order chi connectivity index (χ0) is 33.0. The van der Waals surface area contributed by atoms with Gasteiger partial charge in [-0.15, -0.1) is 0 Å². The number of pyridine rings is 4. The minimum atomic E-state index is 0.277. The second kappa shape index (κ2) is 13.2. The van der Waals surface area contributed by atoms with E-state index in [4.69, 9.17) is 15.1 Å². The highest BCUT2D eigenvalue weighted by molar-refractivity contribution is 6.62. The Balaban J connectivity index is 1.14. The summed E-state index contributed by atoms with van der Waals surface area (Å²) < 4.78 is 0. The summed E-state index contributed by atoms with van der Waals surface area (Å²) in [7, 11) is 0. The van der Waals surface area contributed by atoms with Crippen LogP contribution in [0.1, 0.15) is 11.4 Å². The molecule has 3 N–H and O–H groups in total. The lowest BCUT2D eigenvalue weighted by Gasteiger charge is -2.17. The van der Waals surface area contributed by atoms with Crippen molar-refractivity contribution in [2.24, 2.45) is 5.10 Å². The van der Waals surface area contributed by atoms with Crippen LogP contribution in [-0.2, 0) is 0 Å². The van der Waals surface area contributed by atoms with E-state index in [0.717, 1.165) is 50.9 Å². The molecule has 49 heavy (non-hydrogen) atoms. The number of nitrogens with two attached hydrogens (primary N) is 1. The lowest BCUT2D eigenvalue weighted by molar-refractivity contribution is -0.577. The number of benzene rings is 3. The van der Waals surface area contributed by atoms with Crippen LogP contribution >= 0.6 is 0 Å². The van der Waals surface area contributed by atoms with E-state index in [1.807, 2.05) is 84.9 Å². The molecule has 8 rings (SSSR count). The first kappa shape index (κ1) is 29.7. The molecule has 7 nitrogen and oxygen atoms in total. The number of allylic oxidation sites excluding steroid dienone is 4. The van der Waals surface area contributed by atoms with Crippen LogP contribution in [0.4, 0.5) is 5.69 Å². The molecule has 1 aliphatic carbocycles. The maximum atomic E-state index is 9.27. The van der Waals surface area contributed by atoms with Gasteiger partial charge in [0.1, 0.15) is 5.71 Å². The van der Waals surface area contributed by atoms with Gasteiger partial charge in [-0.25, -0.2) is 9.97 Å². The minimum Gasteiger partial charge on any atom is -0.298 e. The van der Waals surface area contributed by atoms with Crippen molar-refractivity contribution < 1.29 is 5.43 Å². The quantitative estimate of drug-likeness (QED) is 0.0800. The zero-order valence-electron chi connectivity index (χ0n) is 26.4. The lowest BCUT2D eigenvalue weighted by atomic mass is 9.91. The SMILES string of the molecule is N=C1C(c2cccc(-c3ccccn3)n2)=CC(c2cccc(-c3ccccn3)n2)=CC1=N[NH2+]c1ccc(-c2ccc3ccccc3c2)cc1. The van der Waals surface area contributed by atoms with Gasteiger partial charge in [-0.3, -0.25) is 15.4 Å². The first-order valence-electron chi connectivity index (χ1n) is 16.0. The van der Waals surface area contributed by atoms with Gasteiger partial charge in [-0.05, 0) is 101 Å². The Morgan fingerprint density at radius 2 is 1.08 bits per heavy atom. The molecule has 0 amide bonds. The van der Waals surface area contributed by atoms with E-state index < -0.39 is 0 Å². The Hall–Kier alpha value is -6.70. The summed E-state index contributed by atoms with van der Waals surface area (Å²) in [5.41, 5.74) is 11.8.